The predicted molar refractivity (Wildman–Crippen MR) is 68.4 cm³/mol. The molecule has 0 radical (unpaired) electrons. The molecule has 0 aliphatic carbocycles. The van der Waals surface area contributed by atoms with Crippen LogP contribution in [0.2, 0.25) is 0 Å². The summed E-state index contributed by atoms with van der Waals surface area (Å²) in [5.74, 6) is 0.439. The van der Waals surface area contributed by atoms with Crippen molar-refractivity contribution in [2.75, 3.05) is 5.73 Å². The minimum atomic E-state index is -0.428. The third kappa shape index (κ3) is 2.57. The van der Waals surface area contributed by atoms with Gasteiger partial charge in [-0.2, -0.15) is 0 Å². The van der Waals surface area contributed by atoms with Gasteiger partial charge in [-0.15, -0.1) is 0 Å². The zero-order chi connectivity index (χ0) is 13.1. The molecule has 2 N–H and O–H groups in total. The molecule has 1 heterocycles. The molecular formula is C11H10N4O2S. The fourth-order valence-electron chi connectivity index (χ4n) is 1.30. The molecule has 7 heteroatoms. The van der Waals surface area contributed by atoms with Gasteiger partial charge in [0, 0.05) is 22.6 Å². The highest BCUT2D eigenvalue weighted by molar-refractivity contribution is 7.99. The van der Waals surface area contributed by atoms with Crippen molar-refractivity contribution in [3.63, 3.8) is 0 Å². The highest BCUT2D eigenvalue weighted by Gasteiger charge is 2.08. The first-order valence-electron chi connectivity index (χ1n) is 5.07. The van der Waals surface area contributed by atoms with Crippen LogP contribution >= 0.6 is 11.8 Å². The maximum Gasteiger partial charge on any atom is 0.269 e. The Bertz CT molecular complexity index is 586. The van der Waals surface area contributed by atoms with Gasteiger partial charge in [0.05, 0.1) is 4.92 Å². The van der Waals surface area contributed by atoms with Crippen molar-refractivity contribution in [3.05, 3.63) is 46.3 Å². The third-order valence-electron chi connectivity index (χ3n) is 2.34. The van der Waals surface area contributed by atoms with E-state index in [1.807, 2.05) is 6.92 Å². The Hall–Kier alpha value is -2.15. The summed E-state index contributed by atoms with van der Waals surface area (Å²) in [5.41, 5.74) is 6.56. The average molecular weight is 262 g/mol. The van der Waals surface area contributed by atoms with E-state index in [0.717, 1.165) is 15.5 Å². The van der Waals surface area contributed by atoms with E-state index in [-0.39, 0.29) is 5.69 Å². The van der Waals surface area contributed by atoms with E-state index in [4.69, 9.17) is 5.73 Å². The molecule has 6 nitrogen and oxygen atoms in total. The van der Waals surface area contributed by atoms with Crippen molar-refractivity contribution < 1.29 is 4.92 Å². The Morgan fingerprint density at radius 1 is 1.28 bits per heavy atom. The second kappa shape index (κ2) is 5.01. The quantitative estimate of drug-likeness (QED) is 0.518. The number of rotatable bonds is 3. The van der Waals surface area contributed by atoms with Gasteiger partial charge in [0.15, 0.2) is 0 Å². The molecule has 92 valence electrons. The molecule has 2 rings (SSSR count). The molecule has 0 atom stereocenters. The van der Waals surface area contributed by atoms with Crippen molar-refractivity contribution in [1.82, 2.24) is 9.97 Å². The summed E-state index contributed by atoms with van der Waals surface area (Å²) in [6.07, 6.45) is 1.40. The third-order valence-corrected chi connectivity index (χ3v) is 3.45. The van der Waals surface area contributed by atoms with E-state index in [0.29, 0.717) is 5.82 Å². The highest BCUT2D eigenvalue weighted by Crippen LogP contribution is 2.30. The number of benzene rings is 1. The molecule has 0 aliphatic heterocycles. The molecule has 0 aliphatic rings. The number of nitrogens with two attached hydrogens (primary N) is 1. The first kappa shape index (κ1) is 12.3. The molecule has 1 aromatic carbocycles. The van der Waals surface area contributed by atoms with Crippen LogP contribution in [0.3, 0.4) is 0 Å². The van der Waals surface area contributed by atoms with E-state index in [2.05, 4.69) is 9.97 Å². The van der Waals surface area contributed by atoms with Gasteiger partial charge in [-0.1, -0.05) is 11.8 Å². The van der Waals surface area contributed by atoms with Crippen molar-refractivity contribution in [2.45, 2.75) is 16.8 Å². The number of nitrogen functional groups attached to an aromatic ring is 1. The van der Waals surface area contributed by atoms with Crippen molar-refractivity contribution in [2.24, 2.45) is 0 Å². The van der Waals surface area contributed by atoms with Crippen molar-refractivity contribution in [1.29, 1.82) is 0 Å². The summed E-state index contributed by atoms with van der Waals surface area (Å²) >= 11 is 1.40. The molecule has 18 heavy (non-hydrogen) atoms. The predicted octanol–water partition coefficient (Wildman–Crippen LogP) is 2.43. The number of hydrogen-bond acceptors (Lipinski definition) is 6. The number of non-ortho nitro benzene ring substituents is 1. The minimum Gasteiger partial charge on any atom is -0.383 e. The molecule has 0 saturated heterocycles. The highest BCUT2D eigenvalue weighted by atomic mass is 32.2. The summed E-state index contributed by atoms with van der Waals surface area (Å²) in [5, 5.41) is 11.3. The van der Waals surface area contributed by atoms with Crippen molar-refractivity contribution in [3.8, 4) is 0 Å². The number of hydrogen-bond donors (Lipinski definition) is 1. The van der Waals surface area contributed by atoms with Crippen LogP contribution in [0.15, 0.2) is 40.5 Å². The lowest BCUT2D eigenvalue weighted by atomic mass is 10.3. The van der Waals surface area contributed by atoms with E-state index in [1.165, 1.54) is 30.2 Å². The standard InChI is InChI=1S/C11H10N4O2S/c1-7-10(12)13-6-14-11(7)18-9-4-2-8(3-5-9)15(16)17/h2-6H,1H3,(H2,12,13,14). The summed E-state index contributed by atoms with van der Waals surface area (Å²) in [6, 6.07) is 6.28. The fraction of sp³-hybridized carbons (Fsp3) is 0.0909. The van der Waals surface area contributed by atoms with Crippen LogP contribution in [0.4, 0.5) is 11.5 Å². The van der Waals surface area contributed by atoms with Crippen LogP contribution in [0.5, 0.6) is 0 Å². The first-order valence-corrected chi connectivity index (χ1v) is 5.89. The monoisotopic (exact) mass is 262 g/mol. The van der Waals surface area contributed by atoms with Crippen LogP contribution in [0.25, 0.3) is 0 Å². The van der Waals surface area contributed by atoms with Gasteiger partial charge in [-0.3, -0.25) is 10.1 Å². The number of nitrogens with zero attached hydrogens (tertiary/aromatic N) is 3. The van der Waals surface area contributed by atoms with E-state index in [1.54, 1.807) is 12.1 Å². The maximum absolute atomic E-state index is 10.5. The Labute approximate surface area is 107 Å². The summed E-state index contributed by atoms with van der Waals surface area (Å²) < 4.78 is 0. The number of anilines is 1. The Morgan fingerprint density at radius 3 is 2.56 bits per heavy atom. The topological polar surface area (TPSA) is 94.9 Å². The van der Waals surface area contributed by atoms with Gasteiger partial charge >= 0.3 is 0 Å². The molecule has 0 amide bonds. The van der Waals surface area contributed by atoms with Crippen LogP contribution < -0.4 is 5.73 Å². The lowest BCUT2D eigenvalue weighted by molar-refractivity contribution is -0.384. The molecule has 0 fully saturated rings. The molecule has 0 unspecified atom stereocenters. The molecule has 0 spiro atoms. The molecule has 0 saturated carbocycles. The second-order valence-corrected chi connectivity index (χ2v) is 4.60. The van der Waals surface area contributed by atoms with Gasteiger partial charge in [0.25, 0.3) is 5.69 Å². The number of nitro benzene ring substituents is 1. The van der Waals surface area contributed by atoms with Gasteiger partial charge < -0.3 is 5.73 Å². The van der Waals surface area contributed by atoms with E-state index in [9.17, 15) is 10.1 Å². The normalized spacial score (nSPS) is 10.3. The van der Waals surface area contributed by atoms with Crippen LogP contribution in [-0.2, 0) is 0 Å². The minimum absolute atomic E-state index is 0.0678. The smallest absolute Gasteiger partial charge is 0.269 e. The number of aromatic nitrogens is 2. The molecule has 2 aromatic rings. The Balaban J connectivity index is 2.24. The lowest BCUT2D eigenvalue weighted by Crippen LogP contribution is -1.97. The first-order chi connectivity index (χ1) is 8.58. The zero-order valence-electron chi connectivity index (χ0n) is 9.53. The Kier molecular flexibility index (Phi) is 3.42. The van der Waals surface area contributed by atoms with E-state index < -0.39 is 4.92 Å². The van der Waals surface area contributed by atoms with Crippen LogP contribution in [0.1, 0.15) is 5.56 Å². The van der Waals surface area contributed by atoms with Crippen LogP contribution in [-0.4, -0.2) is 14.9 Å². The molecule has 1 aromatic heterocycles. The van der Waals surface area contributed by atoms with Gasteiger partial charge in [0.2, 0.25) is 0 Å². The Morgan fingerprint density at radius 2 is 1.94 bits per heavy atom. The average Bonchev–Trinajstić information content (AvgIpc) is 2.36. The van der Waals surface area contributed by atoms with Gasteiger partial charge in [-0.25, -0.2) is 9.97 Å². The van der Waals surface area contributed by atoms with Crippen molar-refractivity contribution >= 4 is 23.3 Å². The summed E-state index contributed by atoms with van der Waals surface area (Å²) in [7, 11) is 0. The summed E-state index contributed by atoms with van der Waals surface area (Å²) in [6.45, 7) is 1.84. The van der Waals surface area contributed by atoms with E-state index >= 15 is 0 Å². The SMILES string of the molecule is Cc1c(N)ncnc1Sc1ccc([N+](=O)[O-])cc1. The van der Waals surface area contributed by atoms with Gasteiger partial charge in [0.1, 0.15) is 17.2 Å². The fourth-order valence-corrected chi connectivity index (χ4v) is 2.15. The molecular weight excluding hydrogens is 252 g/mol. The largest absolute Gasteiger partial charge is 0.383 e. The molecule has 0 bridgehead atoms. The van der Waals surface area contributed by atoms with Crippen LogP contribution in [0, 0.1) is 17.0 Å². The zero-order valence-corrected chi connectivity index (χ0v) is 10.3. The number of nitro groups is 1. The summed E-state index contributed by atoms with van der Waals surface area (Å²) in [4.78, 5) is 19.0. The maximum atomic E-state index is 10.5. The second-order valence-electron chi connectivity index (χ2n) is 3.54. The van der Waals surface area contributed by atoms with Gasteiger partial charge in [-0.05, 0) is 19.1 Å². The lowest BCUT2D eigenvalue weighted by Gasteiger charge is -2.05.